The van der Waals surface area contributed by atoms with Gasteiger partial charge in [0.2, 0.25) is 0 Å². The summed E-state index contributed by atoms with van der Waals surface area (Å²) in [4.78, 5) is 14.4. The first-order valence-corrected chi connectivity index (χ1v) is 7.26. The zero-order valence-corrected chi connectivity index (χ0v) is 12.3. The summed E-state index contributed by atoms with van der Waals surface area (Å²) in [6.45, 7) is 3.27. The van der Waals surface area contributed by atoms with E-state index in [2.05, 4.69) is 11.8 Å². The Morgan fingerprint density at radius 2 is 2.05 bits per heavy atom. The summed E-state index contributed by atoms with van der Waals surface area (Å²) < 4.78 is 0. The smallest absolute Gasteiger partial charge is 0.255 e. The average Bonchev–Trinajstić information content (AvgIpc) is 2.52. The molecule has 1 fully saturated rings. The quantitative estimate of drug-likeness (QED) is 0.803. The van der Waals surface area contributed by atoms with E-state index in [1.54, 1.807) is 6.07 Å². The second kappa shape index (κ2) is 7.26. The lowest BCUT2D eigenvalue weighted by Crippen LogP contribution is -2.39. The van der Waals surface area contributed by atoms with Crippen LogP contribution >= 0.6 is 0 Å². The molecule has 0 aliphatic carbocycles. The second-order valence-corrected chi connectivity index (χ2v) is 5.43. The molecule has 0 aromatic heterocycles. The van der Waals surface area contributed by atoms with Gasteiger partial charge in [-0.15, -0.1) is 0 Å². The molecule has 0 spiro atoms. The van der Waals surface area contributed by atoms with Crippen LogP contribution in [0.1, 0.15) is 34.3 Å². The van der Waals surface area contributed by atoms with Crippen LogP contribution in [0.3, 0.4) is 0 Å². The number of nitrogens with zero attached hydrogens (tertiary/aromatic N) is 1. The molecule has 1 aromatic rings. The number of amides is 1. The molecule has 21 heavy (non-hydrogen) atoms. The van der Waals surface area contributed by atoms with Gasteiger partial charge in [0.1, 0.15) is 6.61 Å². The fourth-order valence-corrected chi connectivity index (χ4v) is 2.57. The first kappa shape index (κ1) is 15.6. The van der Waals surface area contributed by atoms with Crippen molar-refractivity contribution >= 4 is 5.91 Å². The molecule has 0 radical (unpaired) electrons. The normalized spacial score (nSPS) is 15.5. The highest BCUT2D eigenvalue weighted by atomic mass is 16.3. The number of carbonyl (C=O) groups is 1. The van der Waals surface area contributed by atoms with Crippen LogP contribution in [0.2, 0.25) is 0 Å². The molecule has 1 amide bonds. The monoisotopic (exact) mass is 287 g/mol. The predicted molar refractivity (Wildman–Crippen MR) is 80.9 cm³/mol. The largest absolute Gasteiger partial charge is 0.396 e. The topological polar surface area (TPSA) is 60.8 Å². The summed E-state index contributed by atoms with van der Waals surface area (Å²) in [6.07, 6.45) is 1.68. The van der Waals surface area contributed by atoms with Gasteiger partial charge in [-0.25, -0.2) is 0 Å². The number of hydrogen-bond acceptors (Lipinski definition) is 3. The molecule has 1 aliphatic heterocycles. The average molecular weight is 287 g/mol. The summed E-state index contributed by atoms with van der Waals surface area (Å²) in [6, 6.07) is 5.57. The van der Waals surface area contributed by atoms with Crippen molar-refractivity contribution < 1.29 is 15.0 Å². The highest BCUT2D eigenvalue weighted by Gasteiger charge is 2.24. The van der Waals surface area contributed by atoms with E-state index in [0.717, 1.165) is 18.4 Å². The molecule has 1 aromatic carbocycles. The highest BCUT2D eigenvalue weighted by Crippen LogP contribution is 2.20. The van der Waals surface area contributed by atoms with Crippen molar-refractivity contribution in [2.24, 2.45) is 5.92 Å². The fraction of sp³-hybridized carbons (Fsp3) is 0.471. The van der Waals surface area contributed by atoms with Gasteiger partial charge < -0.3 is 15.1 Å². The molecular weight excluding hydrogens is 266 g/mol. The van der Waals surface area contributed by atoms with E-state index in [4.69, 9.17) is 10.2 Å². The van der Waals surface area contributed by atoms with Gasteiger partial charge in [-0.3, -0.25) is 4.79 Å². The number of aliphatic hydroxyl groups excluding tert-OH is 2. The molecule has 1 heterocycles. The SMILES string of the molecule is Cc1ccc(C(=O)N2CCC(CO)CC2)c(C#CCO)c1. The van der Waals surface area contributed by atoms with Crippen LogP contribution in [-0.4, -0.2) is 47.3 Å². The van der Waals surface area contributed by atoms with Crippen molar-refractivity contribution in [2.45, 2.75) is 19.8 Å². The molecule has 0 bridgehead atoms. The van der Waals surface area contributed by atoms with E-state index in [9.17, 15) is 4.79 Å². The number of benzene rings is 1. The van der Waals surface area contributed by atoms with Crippen LogP contribution < -0.4 is 0 Å². The van der Waals surface area contributed by atoms with Crippen LogP contribution in [0.15, 0.2) is 18.2 Å². The minimum atomic E-state index is -0.219. The maximum atomic E-state index is 12.6. The van der Waals surface area contributed by atoms with E-state index in [-0.39, 0.29) is 19.1 Å². The van der Waals surface area contributed by atoms with Crippen molar-refractivity contribution in [3.8, 4) is 11.8 Å². The Morgan fingerprint density at radius 1 is 1.33 bits per heavy atom. The van der Waals surface area contributed by atoms with Gasteiger partial charge in [0.15, 0.2) is 0 Å². The summed E-state index contributed by atoms with van der Waals surface area (Å²) in [5.41, 5.74) is 2.29. The number of rotatable bonds is 2. The first-order valence-electron chi connectivity index (χ1n) is 7.26. The zero-order valence-electron chi connectivity index (χ0n) is 12.3. The number of carbonyl (C=O) groups excluding carboxylic acids is 1. The van der Waals surface area contributed by atoms with E-state index >= 15 is 0 Å². The van der Waals surface area contributed by atoms with Crippen molar-refractivity contribution in [3.63, 3.8) is 0 Å². The van der Waals surface area contributed by atoms with Crippen LogP contribution in [0.4, 0.5) is 0 Å². The molecule has 0 unspecified atom stereocenters. The summed E-state index contributed by atoms with van der Waals surface area (Å²) >= 11 is 0. The Labute approximate surface area is 125 Å². The van der Waals surface area contributed by atoms with Crippen molar-refractivity contribution in [1.82, 2.24) is 4.90 Å². The molecule has 1 saturated heterocycles. The van der Waals surface area contributed by atoms with Crippen molar-refractivity contribution in [1.29, 1.82) is 0 Å². The third-order valence-electron chi connectivity index (χ3n) is 3.87. The third kappa shape index (κ3) is 3.84. The van der Waals surface area contributed by atoms with E-state index < -0.39 is 0 Å². The standard InChI is InChI=1S/C17H21NO3/c1-13-4-5-16(15(11-13)3-2-10-19)17(21)18-8-6-14(12-20)7-9-18/h4-5,11,14,19-20H,6-10,12H2,1H3. The van der Waals surface area contributed by atoms with Gasteiger partial charge in [0.25, 0.3) is 5.91 Å². The number of aryl methyl sites for hydroxylation is 1. The van der Waals surface area contributed by atoms with Gasteiger partial charge >= 0.3 is 0 Å². The number of likely N-dealkylation sites (tertiary alicyclic amines) is 1. The molecule has 1 aliphatic rings. The molecule has 112 valence electrons. The van der Waals surface area contributed by atoms with Crippen LogP contribution in [-0.2, 0) is 0 Å². The zero-order chi connectivity index (χ0) is 15.2. The van der Waals surface area contributed by atoms with Crippen LogP contribution in [0.5, 0.6) is 0 Å². The predicted octanol–water partition coefficient (Wildman–Crippen LogP) is 1.18. The van der Waals surface area contributed by atoms with E-state index in [0.29, 0.717) is 30.1 Å². The maximum absolute atomic E-state index is 12.6. The summed E-state index contributed by atoms with van der Waals surface area (Å²) in [5.74, 6) is 5.75. The Balaban J connectivity index is 2.19. The van der Waals surface area contributed by atoms with E-state index in [1.165, 1.54) is 0 Å². The number of piperidine rings is 1. The van der Waals surface area contributed by atoms with Gasteiger partial charge in [-0.05, 0) is 43.4 Å². The number of hydrogen-bond donors (Lipinski definition) is 2. The Hall–Kier alpha value is -1.83. The fourth-order valence-electron chi connectivity index (χ4n) is 2.57. The number of aliphatic hydroxyl groups is 2. The Bertz CT molecular complexity index is 563. The molecule has 0 saturated carbocycles. The van der Waals surface area contributed by atoms with Crippen molar-refractivity contribution in [3.05, 3.63) is 34.9 Å². The summed E-state index contributed by atoms with van der Waals surface area (Å²) in [7, 11) is 0. The Morgan fingerprint density at radius 3 is 2.67 bits per heavy atom. The molecule has 2 rings (SSSR count). The molecular formula is C17H21NO3. The lowest BCUT2D eigenvalue weighted by Gasteiger charge is -2.31. The van der Waals surface area contributed by atoms with Gasteiger partial charge in [0.05, 0.1) is 5.56 Å². The van der Waals surface area contributed by atoms with Gasteiger partial charge in [-0.2, -0.15) is 0 Å². The van der Waals surface area contributed by atoms with E-state index in [1.807, 2.05) is 24.0 Å². The molecule has 2 N–H and O–H groups in total. The van der Waals surface area contributed by atoms with Gasteiger partial charge in [-0.1, -0.05) is 17.9 Å². The highest BCUT2D eigenvalue weighted by molar-refractivity contribution is 5.97. The lowest BCUT2D eigenvalue weighted by atomic mass is 9.96. The maximum Gasteiger partial charge on any atom is 0.255 e. The van der Waals surface area contributed by atoms with Crippen molar-refractivity contribution in [2.75, 3.05) is 26.3 Å². The minimum Gasteiger partial charge on any atom is -0.396 e. The summed E-state index contributed by atoms with van der Waals surface area (Å²) in [5, 5.41) is 18.0. The third-order valence-corrected chi connectivity index (χ3v) is 3.87. The lowest BCUT2D eigenvalue weighted by molar-refractivity contribution is 0.0650. The minimum absolute atomic E-state index is 0.0198. The van der Waals surface area contributed by atoms with Crippen LogP contribution in [0.25, 0.3) is 0 Å². The molecule has 4 nitrogen and oxygen atoms in total. The van der Waals surface area contributed by atoms with Gasteiger partial charge in [0, 0.05) is 25.3 Å². The Kier molecular flexibility index (Phi) is 5.38. The van der Waals surface area contributed by atoms with Crippen LogP contribution in [0, 0.1) is 24.7 Å². The first-order chi connectivity index (χ1) is 10.2. The molecule has 4 heteroatoms. The second-order valence-electron chi connectivity index (χ2n) is 5.43. The molecule has 0 atom stereocenters.